The topological polar surface area (TPSA) is 49.8 Å². The lowest BCUT2D eigenvalue weighted by Gasteiger charge is -2.09. The molecule has 0 bridgehead atoms. The second-order valence-electron chi connectivity index (χ2n) is 4.56. The zero-order chi connectivity index (χ0) is 14.1. The molecular formula is C13H11F2IN4. The Morgan fingerprint density at radius 2 is 2.00 bits per heavy atom. The van der Waals surface area contributed by atoms with Crippen molar-refractivity contribution in [2.75, 3.05) is 10.6 Å². The van der Waals surface area contributed by atoms with Crippen molar-refractivity contribution in [2.24, 2.45) is 0 Å². The van der Waals surface area contributed by atoms with Crippen molar-refractivity contribution in [3.63, 3.8) is 0 Å². The van der Waals surface area contributed by atoms with Crippen LogP contribution >= 0.6 is 22.6 Å². The Hall–Kier alpha value is -1.51. The third-order valence-electron chi connectivity index (χ3n) is 2.84. The third-order valence-corrected chi connectivity index (χ3v) is 3.63. The summed E-state index contributed by atoms with van der Waals surface area (Å²) in [4.78, 5) is 8.47. The highest BCUT2D eigenvalue weighted by Gasteiger charge is 2.22. The minimum absolute atomic E-state index is 0.347. The van der Waals surface area contributed by atoms with Crippen LogP contribution in [0.15, 0.2) is 24.4 Å². The Balaban J connectivity index is 1.80. The molecule has 0 atom stereocenters. The molecule has 2 aromatic rings. The summed E-state index contributed by atoms with van der Waals surface area (Å²) in [7, 11) is 0. The van der Waals surface area contributed by atoms with Gasteiger partial charge in [-0.3, -0.25) is 0 Å². The van der Waals surface area contributed by atoms with Crippen LogP contribution in [-0.2, 0) is 0 Å². The molecular weight excluding hydrogens is 377 g/mol. The van der Waals surface area contributed by atoms with Crippen LogP contribution in [0.2, 0.25) is 0 Å². The van der Waals surface area contributed by atoms with Gasteiger partial charge in [-0.15, -0.1) is 0 Å². The average Bonchev–Trinajstić information content (AvgIpc) is 3.22. The van der Waals surface area contributed by atoms with Crippen molar-refractivity contribution in [3.8, 4) is 0 Å². The normalized spacial score (nSPS) is 14.2. The first-order valence-corrected chi connectivity index (χ1v) is 7.21. The molecule has 0 amide bonds. The molecule has 1 aromatic heterocycles. The van der Waals surface area contributed by atoms with E-state index < -0.39 is 11.6 Å². The van der Waals surface area contributed by atoms with Gasteiger partial charge in [-0.1, -0.05) is 0 Å². The summed E-state index contributed by atoms with van der Waals surface area (Å²) in [5.41, 5.74) is 0.405. The summed E-state index contributed by atoms with van der Waals surface area (Å²) in [6.07, 6.45) is 3.97. The van der Waals surface area contributed by atoms with Gasteiger partial charge in [0.25, 0.3) is 0 Å². The Labute approximate surface area is 128 Å². The lowest BCUT2D eigenvalue weighted by molar-refractivity contribution is 0.509. The van der Waals surface area contributed by atoms with E-state index in [0.717, 1.165) is 34.4 Å². The molecule has 1 aliphatic rings. The molecule has 2 N–H and O–H groups in total. The Kier molecular flexibility index (Phi) is 3.68. The molecule has 1 fully saturated rings. The molecule has 3 rings (SSSR count). The molecule has 0 aliphatic heterocycles. The second kappa shape index (κ2) is 5.47. The van der Waals surface area contributed by atoms with E-state index in [4.69, 9.17) is 0 Å². The molecule has 1 heterocycles. The second-order valence-corrected chi connectivity index (χ2v) is 5.72. The van der Waals surface area contributed by atoms with Crippen molar-refractivity contribution in [1.82, 2.24) is 9.97 Å². The van der Waals surface area contributed by atoms with E-state index >= 15 is 0 Å². The molecule has 4 nitrogen and oxygen atoms in total. The van der Waals surface area contributed by atoms with Crippen LogP contribution in [-0.4, -0.2) is 16.0 Å². The van der Waals surface area contributed by atoms with Gasteiger partial charge in [-0.25, -0.2) is 13.8 Å². The molecule has 0 radical (unpaired) electrons. The minimum Gasteiger partial charge on any atom is -0.366 e. The quantitative estimate of drug-likeness (QED) is 0.785. The fourth-order valence-corrected chi connectivity index (χ4v) is 2.07. The Bertz CT molecular complexity index is 646. The van der Waals surface area contributed by atoms with Crippen molar-refractivity contribution < 1.29 is 8.78 Å². The molecule has 0 saturated heterocycles. The van der Waals surface area contributed by atoms with E-state index in [1.807, 2.05) is 0 Å². The van der Waals surface area contributed by atoms with Crippen molar-refractivity contribution in [3.05, 3.63) is 39.6 Å². The predicted octanol–water partition coefficient (Wildman–Crippen LogP) is 3.68. The highest BCUT2D eigenvalue weighted by molar-refractivity contribution is 14.1. The van der Waals surface area contributed by atoms with Gasteiger partial charge in [0.15, 0.2) is 11.6 Å². The summed E-state index contributed by atoms with van der Waals surface area (Å²) in [6.45, 7) is 0. The van der Waals surface area contributed by atoms with Gasteiger partial charge < -0.3 is 10.6 Å². The smallest absolute Gasteiger partial charge is 0.229 e. The van der Waals surface area contributed by atoms with Crippen LogP contribution in [0.5, 0.6) is 0 Å². The lowest BCUT2D eigenvalue weighted by Crippen LogP contribution is -2.07. The van der Waals surface area contributed by atoms with Crippen LogP contribution in [0, 0.1) is 15.2 Å². The largest absolute Gasteiger partial charge is 0.366 e. The predicted molar refractivity (Wildman–Crippen MR) is 81.0 cm³/mol. The summed E-state index contributed by atoms with van der Waals surface area (Å²) < 4.78 is 26.9. The maximum Gasteiger partial charge on any atom is 0.229 e. The van der Waals surface area contributed by atoms with E-state index in [-0.39, 0.29) is 0 Å². The van der Waals surface area contributed by atoms with Gasteiger partial charge in [0.05, 0.1) is 3.57 Å². The maximum atomic E-state index is 13.1. The molecule has 7 heteroatoms. The van der Waals surface area contributed by atoms with Crippen LogP contribution < -0.4 is 10.6 Å². The number of anilines is 3. The zero-order valence-corrected chi connectivity index (χ0v) is 12.5. The van der Waals surface area contributed by atoms with E-state index in [2.05, 4.69) is 43.2 Å². The monoisotopic (exact) mass is 388 g/mol. The van der Waals surface area contributed by atoms with Crippen LogP contribution in [0.25, 0.3) is 0 Å². The van der Waals surface area contributed by atoms with Crippen molar-refractivity contribution in [2.45, 2.75) is 18.9 Å². The molecule has 1 saturated carbocycles. The van der Waals surface area contributed by atoms with Gasteiger partial charge in [-0.05, 0) is 47.6 Å². The molecule has 1 aliphatic carbocycles. The number of benzene rings is 1. The van der Waals surface area contributed by atoms with E-state index in [1.165, 1.54) is 6.07 Å². The number of halogens is 3. The number of nitrogens with zero attached hydrogens (tertiary/aromatic N) is 2. The van der Waals surface area contributed by atoms with Crippen LogP contribution in [0.4, 0.5) is 26.2 Å². The van der Waals surface area contributed by atoms with E-state index in [1.54, 1.807) is 6.20 Å². The summed E-state index contributed by atoms with van der Waals surface area (Å²) in [5.74, 6) is -0.681. The van der Waals surface area contributed by atoms with Crippen LogP contribution in [0.1, 0.15) is 12.8 Å². The molecule has 0 spiro atoms. The molecule has 20 heavy (non-hydrogen) atoms. The average molecular weight is 388 g/mol. The number of nitrogens with one attached hydrogen (secondary N) is 2. The number of aromatic nitrogens is 2. The van der Waals surface area contributed by atoms with E-state index in [0.29, 0.717) is 17.7 Å². The van der Waals surface area contributed by atoms with E-state index in [9.17, 15) is 8.78 Å². The summed E-state index contributed by atoms with van der Waals surface area (Å²) >= 11 is 2.15. The van der Waals surface area contributed by atoms with Crippen molar-refractivity contribution >= 4 is 40.0 Å². The summed E-state index contributed by atoms with van der Waals surface area (Å²) in [6, 6.07) is 4.06. The highest BCUT2D eigenvalue weighted by Crippen LogP contribution is 2.27. The van der Waals surface area contributed by atoms with Crippen molar-refractivity contribution in [1.29, 1.82) is 0 Å². The third kappa shape index (κ3) is 3.14. The van der Waals surface area contributed by atoms with Gasteiger partial charge >= 0.3 is 0 Å². The summed E-state index contributed by atoms with van der Waals surface area (Å²) in [5, 5.41) is 6.16. The van der Waals surface area contributed by atoms with Gasteiger partial charge in [0.1, 0.15) is 5.82 Å². The zero-order valence-electron chi connectivity index (χ0n) is 10.3. The standard InChI is InChI=1S/C13H11F2IN4/c14-9-4-3-8(5-10(9)15)19-13-17-6-11(16)12(20-13)18-7-1-2-7/h3-7H,1-2H2,(H2,17,18,19,20). The van der Waals surface area contributed by atoms with Gasteiger partial charge in [0, 0.05) is 24.0 Å². The fourth-order valence-electron chi connectivity index (χ4n) is 1.65. The molecule has 0 unspecified atom stereocenters. The Morgan fingerprint density at radius 1 is 1.20 bits per heavy atom. The number of hydrogen-bond acceptors (Lipinski definition) is 4. The fraction of sp³-hybridized carbons (Fsp3) is 0.231. The maximum absolute atomic E-state index is 13.1. The highest BCUT2D eigenvalue weighted by atomic mass is 127. The number of rotatable bonds is 4. The van der Waals surface area contributed by atoms with Crippen LogP contribution in [0.3, 0.4) is 0 Å². The first-order valence-electron chi connectivity index (χ1n) is 6.13. The van der Waals surface area contributed by atoms with Gasteiger partial charge in [-0.2, -0.15) is 4.98 Å². The SMILES string of the molecule is Fc1ccc(Nc2ncc(I)c(NC3CC3)n2)cc1F. The minimum atomic E-state index is -0.906. The molecule has 1 aromatic carbocycles. The first-order chi connectivity index (χ1) is 9.61. The first kappa shape index (κ1) is 13.5. The lowest BCUT2D eigenvalue weighted by atomic mass is 10.3. The molecule has 104 valence electrons. The Morgan fingerprint density at radius 3 is 2.70 bits per heavy atom. The van der Waals surface area contributed by atoms with Gasteiger partial charge in [0.2, 0.25) is 5.95 Å². The number of hydrogen-bond donors (Lipinski definition) is 2.